The number of likely N-dealkylation sites (tertiary alicyclic amines) is 1. The molecule has 2 fully saturated rings. The fraction of sp³-hybridized carbons (Fsp3) is 0.488. The number of aromatic nitrogens is 2. The standard InChI is InChI=1S/C43H55N5O8Si/c1-26(49)44-31-23-48(41(52)56-42(2,3)4)34(38-37(31)54-43(5,6)55-38)24-46-21-29(27-15-11-13-17-32(27)46)35-36(40(51)45(7)39(35)50)30-22-47(25-53-19-20-57(8,9)10)33-18-14-12-16-28(30)33/h11-18,21-22,31,34,37-38H,19-20,23-25H2,1-10H3,(H,44,49)/t31-,34-,37+,38+/m0/s1. The van der Waals surface area contributed by atoms with E-state index in [9.17, 15) is 19.2 Å². The second kappa shape index (κ2) is 14.9. The molecule has 2 saturated heterocycles. The van der Waals surface area contributed by atoms with Crippen molar-refractivity contribution in [1.82, 2.24) is 24.3 Å². The molecule has 2 aromatic heterocycles. The zero-order valence-electron chi connectivity index (χ0n) is 34.7. The molecule has 3 aliphatic heterocycles. The van der Waals surface area contributed by atoms with Crippen LogP contribution in [0, 0.1) is 0 Å². The van der Waals surface area contributed by atoms with Gasteiger partial charge < -0.3 is 33.4 Å². The number of rotatable bonds is 10. The highest BCUT2D eigenvalue weighted by Gasteiger charge is 2.55. The lowest BCUT2D eigenvalue weighted by Crippen LogP contribution is -2.66. The van der Waals surface area contributed by atoms with Gasteiger partial charge >= 0.3 is 6.09 Å². The van der Waals surface area contributed by atoms with E-state index in [0.29, 0.717) is 35.6 Å². The smallest absolute Gasteiger partial charge is 0.410 e. The van der Waals surface area contributed by atoms with Crippen LogP contribution in [0.3, 0.4) is 0 Å². The minimum absolute atomic E-state index is 0.130. The number of nitrogens with zero attached hydrogens (tertiary/aromatic N) is 4. The summed E-state index contributed by atoms with van der Waals surface area (Å²) in [5, 5.41) is 4.59. The normalized spacial score (nSPS) is 22.6. The molecule has 0 aliphatic carbocycles. The summed E-state index contributed by atoms with van der Waals surface area (Å²) in [7, 11) is 0.217. The molecule has 0 saturated carbocycles. The third-order valence-corrected chi connectivity index (χ3v) is 12.5. The molecule has 7 rings (SSSR count). The number of nitrogens with one attached hydrogen (secondary N) is 1. The number of hydrogen-bond donors (Lipinski definition) is 1. The summed E-state index contributed by atoms with van der Waals surface area (Å²) in [5.74, 6) is -2.03. The monoisotopic (exact) mass is 797 g/mol. The van der Waals surface area contributed by atoms with Gasteiger partial charge in [-0.15, -0.1) is 0 Å². The summed E-state index contributed by atoms with van der Waals surface area (Å²) >= 11 is 0. The van der Waals surface area contributed by atoms with Gasteiger partial charge in [0.25, 0.3) is 11.8 Å². The van der Waals surface area contributed by atoms with Crippen molar-refractivity contribution in [3.8, 4) is 0 Å². The maximum Gasteiger partial charge on any atom is 0.410 e. The van der Waals surface area contributed by atoms with E-state index < -0.39 is 55.8 Å². The van der Waals surface area contributed by atoms with Gasteiger partial charge in [-0.25, -0.2) is 4.79 Å². The third-order valence-electron chi connectivity index (χ3n) is 10.8. The number of likely N-dealkylation sites (N-methyl/N-ethyl adjacent to an activating group) is 1. The number of fused-ring (bicyclic) bond motifs is 3. The molecule has 13 nitrogen and oxygen atoms in total. The van der Waals surface area contributed by atoms with E-state index in [2.05, 4.69) is 25.0 Å². The fourth-order valence-corrected chi connectivity index (χ4v) is 8.97. The van der Waals surface area contributed by atoms with E-state index in [0.717, 1.165) is 27.8 Å². The summed E-state index contributed by atoms with van der Waals surface area (Å²) in [6.07, 6.45) is 2.07. The van der Waals surface area contributed by atoms with Crippen molar-refractivity contribution in [3.05, 3.63) is 72.1 Å². The van der Waals surface area contributed by atoms with Crippen LogP contribution in [0.4, 0.5) is 4.79 Å². The highest BCUT2D eigenvalue weighted by atomic mass is 28.3. The number of piperidine rings is 1. The summed E-state index contributed by atoms with van der Waals surface area (Å²) in [6.45, 7) is 18.8. The zero-order chi connectivity index (χ0) is 41.2. The Balaban J connectivity index is 1.34. The number of imide groups is 1. The molecule has 304 valence electrons. The maximum atomic E-state index is 14.3. The molecule has 14 heteroatoms. The average Bonchev–Trinajstić information content (AvgIpc) is 3.83. The third kappa shape index (κ3) is 8.05. The van der Waals surface area contributed by atoms with Gasteiger partial charge in [0.2, 0.25) is 5.91 Å². The van der Waals surface area contributed by atoms with Crippen molar-refractivity contribution in [2.45, 2.75) is 116 Å². The van der Waals surface area contributed by atoms with E-state index in [-0.39, 0.29) is 24.9 Å². The van der Waals surface area contributed by atoms with Crippen LogP contribution < -0.4 is 5.32 Å². The molecule has 0 unspecified atom stereocenters. The molecule has 4 amide bonds. The molecule has 0 bridgehead atoms. The Bertz CT molecular complexity index is 2280. The summed E-state index contributed by atoms with van der Waals surface area (Å²) in [5.41, 5.74) is 2.80. The van der Waals surface area contributed by atoms with Gasteiger partial charge in [0.15, 0.2) is 5.79 Å². The lowest BCUT2D eigenvalue weighted by Gasteiger charge is -2.45. The molecule has 4 atom stereocenters. The number of para-hydroxylation sites is 2. The van der Waals surface area contributed by atoms with Crippen molar-refractivity contribution in [2.24, 2.45) is 0 Å². The molecular formula is C43H55N5O8Si. The molecule has 0 spiro atoms. The number of hydrogen-bond acceptors (Lipinski definition) is 8. The molecule has 0 radical (unpaired) electrons. The van der Waals surface area contributed by atoms with Crippen molar-refractivity contribution in [2.75, 3.05) is 20.2 Å². The van der Waals surface area contributed by atoms with Crippen molar-refractivity contribution < 1.29 is 38.1 Å². The van der Waals surface area contributed by atoms with Gasteiger partial charge in [0.05, 0.1) is 28.7 Å². The quantitative estimate of drug-likeness (QED) is 0.110. The first-order valence-electron chi connectivity index (χ1n) is 19.7. The molecule has 57 heavy (non-hydrogen) atoms. The molecule has 2 aromatic carbocycles. The Morgan fingerprint density at radius 1 is 0.877 bits per heavy atom. The van der Waals surface area contributed by atoms with Gasteiger partial charge in [-0.2, -0.15) is 0 Å². The van der Waals surface area contributed by atoms with E-state index in [1.54, 1.807) is 4.90 Å². The van der Waals surface area contributed by atoms with Crippen molar-refractivity contribution in [3.63, 3.8) is 0 Å². The van der Waals surface area contributed by atoms with Gasteiger partial charge in [0.1, 0.15) is 24.5 Å². The van der Waals surface area contributed by atoms with Crippen molar-refractivity contribution in [1.29, 1.82) is 0 Å². The minimum Gasteiger partial charge on any atom is -0.444 e. The predicted octanol–water partition coefficient (Wildman–Crippen LogP) is 6.46. The van der Waals surface area contributed by atoms with Crippen LogP contribution in [0.25, 0.3) is 33.0 Å². The SMILES string of the molecule is CC(=O)N[C@H]1CN(C(=O)OC(C)(C)C)[C@@H](Cn2cc(C3=C(c4cn(COCC[Si](C)(C)C)c5ccccc45)C(=O)N(C)C3=O)c3ccccc32)[C@H]2OC(C)(C)O[C@@H]21. The second-order valence-corrected chi connectivity index (χ2v) is 23.7. The number of carbonyl (C=O) groups excluding carboxylic acids is 4. The largest absolute Gasteiger partial charge is 0.444 e. The number of ether oxygens (including phenoxy) is 4. The van der Waals surface area contributed by atoms with E-state index in [1.165, 1.54) is 18.9 Å². The van der Waals surface area contributed by atoms with Crippen molar-refractivity contribution >= 4 is 64.8 Å². The topological polar surface area (TPSA) is 134 Å². The Hall–Kier alpha value is -4.76. The minimum atomic E-state index is -1.30. The zero-order valence-corrected chi connectivity index (χ0v) is 35.7. The molecule has 3 aliphatic rings. The molecule has 5 heterocycles. The summed E-state index contributed by atoms with van der Waals surface area (Å²) in [6, 6.07) is 15.5. The Morgan fingerprint density at radius 2 is 1.42 bits per heavy atom. The molecule has 4 aromatic rings. The van der Waals surface area contributed by atoms with Crippen LogP contribution in [0.2, 0.25) is 25.7 Å². The molecule has 1 N–H and O–H groups in total. The lowest BCUT2D eigenvalue weighted by molar-refractivity contribution is -0.150. The van der Waals surface area contributed by atoms with E-state index >= 15 is 0 Å². The van der Waals surface area contributed by atoms with E-state index in [4.69, 9.17) is 18.9 Å². The Labute approximate surface area is 334 Å². The van der Waals surface area contributed by atoms with Gasteiger partial charge in [-0.3, -0.25) is 24.2 Å². The number of benzene rings is 2. The van der Waals surface area contributed by atoms with Gasteiger partial charge in [-0.05, 0) is 52.8 Å². The highest BCUT2D eigenvalue weighted by molar-refractivity contribution is 6.76. The number of carbonyl (C=O) groups is 4. The van der Waals surface area contributed by atoms with Crippen LogP contribution in [-0.2, 0) is 46.6 Å². The van der Waals surface area contributed by atoms with E-state index in [1.807, 2.05) is 105 Å². The average molecular weight is 798 g/mol. The summed E-state index contributed by atoms with van der Waals surface area (Å²) in [4.78, 5) is 57.6. The molecular weight excluding hydrogens is 743 g/mol. The Morgan fingerprint density at radius 3 is 1.98 bits per heavy atom. The first kappa shape index (κ1) is 40.4. The van der Waals surface area contributed by atoms with Crippen LogP contribution in [-0.4, -0.2) is 107 Å². The first-order valence-corrected chi connectivity index (χ1v) is 23.4. The second-order valence-electron chi connectivity index (χ2n) is 18.1. The predicted molar refractivity (Wildman–Crippen MR) is 221 cm³/mol. The van der Waals surface area contributed by atoms with Crippen LogP contribution >= 0.6 is 0 Å². The van der Waals surface area contributed by atoms with Crippen LogP contribution in [0.1, 0.15) is 52.7 Å². The first-order chi connectivity index (χ1) is 26.7. The van der Waals surface area contributed by atoms with Crippen LogP contribution in [0.5, 0.6) is 0 Å². The van der Waals surface area contributed by atoms with Crippen LogP contribution in [0.15, 0.2) is 60.9 Å². The van der Waals surface area contributed by atoms with Gasteiger partial charge in [-0.1, -0.05) is 56.0 Å². The maximum absolute atomic E-state index is 14.3. The fourth-order valence-electron chi connectivity index (χ4n) is 8.21. The Kier molecular flexibility index (Phi) is 10.6. The number of amides is 4. The lowest BCUT2D eigenvalue weighted by atomic mass is 9.92. The highest BCUT2D eigenvalue weighted by Crippen LogP contribution is 2.43. The van der Waals surface area contributed by atoms with Gasteiger partial charge in [0, 0.05) is 81.6 Å². The summed E-state index contributed by atoms with van der Waals surface area (Å²) < 4.78 is 29.0.